The summed E-state index contributed by atoms with van der Waals surface area (Å²) in [5.74, 6) is 9.11. The Labute approximate surface area is 160 Å². The van der Waals surface area contributed by atoms with Crippen molar-refractivity contribution in [2.75, 3.05) is 0 Å². The van der Waals surface area contributed by atoms with E-state index in [2.05, 4.69) is 41.5 Å². The van der Waals surface area contributed by atoms with Gasteiger partial charge >= 0.3 is 19.5 Å². The van der Waals surface area contributed by atoms with Crippen molar-refractivity contribution in [3.8, 4) is 0 Å². The summed E-state index contributed by atoms with van der Waals surface area (Å²) in [6.07, 6.45) is 6.34. The van der Waals surface area contributed by atoms with E-state index in [4.69, 9.17) is 0 Å². The van der Waals surface area contributed by atoms with Crippen LogP contribution < -0.4 is 0 Å². The molecule has 23 heavy (non-hydrogen) atoms. The molecule has 128 valence electrons. The quantitative estimate of drug-likeness (QED) is 0.573. The van der Waals surface area contributed by atoms with Gasteiger partial charge in [0.15, 0.2) is 0 Å². The normalized spacial score (nSPS) is 51.1. The van der Waals surface area contributed by atoms with Crippen molar-refractivity contribution in [2.24, 2.45) is 46.3 Å². The van der Waals surface area contributed by atoms with E-state index >= 15 is 0 Å². The van der Waals surface area contributed by atoms with Crippen LogP contribution in [0.3, 0.4) is 0 Å². The molecule has 0 aromatic heterocycles. The summed E-state index contributed by atoms with van der Waals surface area (Å²) in [5.41, 5.74) is 1.45. The topological polar surface area (TPSA) is 0 Å². The van der Waals surface area contributed by atoms with Gasteiger partial charge in [-0.1, -0.05) is 66.2 Å². The second-order valence-corrected chi connectivity index (χ2v) is 9.38. The molecule has 0 aromatic carbocycles. The minimum atomic E-state index is 0. The van der Waals surface area contributed by atoms with Gasteiger partial charge < -0.3 is 0 Å². The zero-order valence-electron chi connectivity index (χ0n) is 15.2. The molecule has 3 heteroatoms. The van der Waals surface area contributed by atoms with Gasteiger partial charge in [-0.25, -0.2) is 0 Å². The van der Waals surface area contributed by atoms with E-state index in [-0.39, 0.29) is 19.5 Å². The molecule has 6 rings (SSSR count). The van der Waals surface area contributed by atoms with Gasteiger partial charge in [-0.3, -0.25) is 0 Å². The third-order valence-corrected chi connectivity index (χ3v) is 7.95. The van der Waals surface area contributed by atoms with E-state index in [0.29, 0.717) is 15.7 Å². The standard InChI is InChI=1S/2C10H20B.Zn/c2*1-6-8-4-7(5-9(6)11)10(8,2)3;/h2*6-9H,4-5H2,1-3,11H3;/q2*-1;+2. The summed E-state index contributed by atoms with van der Waals surface area (Å²) in [6, 6.07) is 0. The zero-order valence-corrected chi connectivity index (χ0v) is 18.1. The summed E-state index contributed by atoms with van der Waals surface area (Å²) in [6.45, 7) is 15.0. The molecule has 0 N–H and O–H groups in total. The van der Waals surface area contributed by atoms with Gasteiger partial charge in [0, 0.05) is 0 Å². The zero-order chi connectivity index (χ0) is 16.4. The van der Waals surface area contributed by atoms with Crippen LogP contribution in [0.15, 0.2) is 0 Å². The minimum Gasteiger partial charge on any atom is -0.172 e. The fourth-order valence-electron chi connectivity index (χ4n) is 5.78. The Bertz CT molecular complexity index is 393. The Balaban J connectivity index is 0.000000160. The van der Waals surface area contributed by atoms with Gasteiger partial charge in [0.1, 0.15) is 0 Å². The number of hydrogen-bond acceptors (Lipinski definition) is 0. The SMILES string of the molecule is [BH3-]C1CC2CC(C1C)C2(C)C.[BH3-]C1CC2CC(C1C)C2(C)C.[Zn+2]. The first-order valence-electron chi connectivity index (χ1n) is 8.91. The Morgan fingerprint density at radius 2 is 0.957 bits per heavy atom. The van der Waals surface area contributed by atoms with Gasteiger partial charge in [-0.2, -0.15) is 11.6 Å². The molecule has 0 aromatic rings. The third-order valence-electron chi connectivity index (χ3n) is 7.95. The van der Waals surface area contributed by atoms with E-state index in [1.54, 1.807) is 25.7 Å². The van der Waals surface area contributed by atoms with Gasteiger partial charge in [0.05, 0.1) is 0 Å². The summed E-state index contributed by atoms with van der Waals surface area (Å²) in [7, 11) is 1.27. The van der Waals surface area contributed by atoms with Crippen LogP contribution in [0, 0.1) is 46.3 Å². The molecular formula is C20H40B2Zn. The van der Waals surface area contributed by atoms with Crippen molar-refractivity contribution < 1.29 is 19.5 Å². The van der Waals surface area contributed by atoms with Gasteiger partial charge in [-0.15, -0.1) is 0 Å². The van der Waals surface area contributed by atoms with Crippen molar-refractivity contribution >= 4 is 15.7 Å². The summed E-state index contributed by atoms with van der Waals surface area (Å²) >= 11 is 0. The predicted octanol–water partition coefficient (Wildman–Crippen LogP) is 3.68. The molecule has 8 atom stereocenters. The molecule has 6 aliphatic carbocycles. The van der Waals surface area contributed by atoms with Crippen molar-refractivity contribution in [1.29, 1.82) is 0 Å². The second kappa shape index (κ2) is 6.48. The first-order valence-corrected chi connectivity index (χ1v) is 8.91. The number of fused-ring (bicyclic) bond motifs is 4. The van der Waals surface area contributed by atoms with E-state index < -0.39 is 0 Å². The molecule has 0 nitrogen and oxygen atoms in total. The molecular weight excluding hydrogens is 327 g/mol. The molecule has 0 radical (unpaired) electrons. The fraction of sp³-hybridized carbons (Fsp3) is 1.00. The van der Waals surface area contributed by atoms with Crippen LogP contribution in [0.2, 0.25) is 11.6 Å². The molecule has 6 fully saturated rings. The van der Waals surface area contributed by atoms with Crippen molar-refractivity contribution in [3.05, 3.63) is 0 Å². The maximum Gasteiger partial charge on any atom is 2.00 e. The van der Waals surface area contributed by atoms with Crippen LogP contribution in [-0.2, 0) is 19.5 Å². The van der Waals surface area contributed by atoms with Crippen molar-refractivity contribution in [1.82, 2.24) is 0 Å². The van der Waals surface area contributed by atoms with Gasteiger partial charge in [-0.05, 0) is 63.0 Å². The van der Waals surface area contributed by atoms with Crippen molar-refractivity contribution in [2.45, 2.75) is 78.9 Å². The molecule has 6 saturated carbocycles. The van der Waals surface area contributed by atoms with E-state index in [9.17, 15) is 0 Å². The average molecular weight is 368 g/mol. The molecule has 0 saturated heterocycles. The first kappa shape index (κ1) is 20.1. The molecule has 0 amide bonds. The predicted molar refractivity (Wildman–Crippen MR) is 106 cm³/mol. The molecule has 6 aliphatic rings. The maximum atomic E-state index is 2.51. The summed E-state index contributed by atoms with van der Waals surface area (Å²) in [5, 5.41) is 0. The maximum absolute atomic E-state index is 2.51. The molecule has 0 aliphatic heterocycles. The Hall–Kier alpha value is 0.753. The number of rotatable bonds is 0. The molecule has 4 bridgehead atoms. The van der Waals surface area contributed by atoms with Crippen LogP contribution in [0.5, 0.6) is 0 Å². The summed E-state index contributed by atoms with van der Waals surface area (Å²) < 4.78 is 0. The van der Waals surface area contributed by atoms with Crippen LogP contribution >= 0.6 is 0 Å². The van der Waals surface area contributed by atoms with Crippen LogP contribution in [-0.4, -0.2) is 15.7 Å². The molecule has 0 heterocycles. The van der Waals surface area contributed by atoms with E-state index in [1.165, 1.54) is 11.6 Å². The molecule has 0 spiro atoms. The number of hydrogen-bond donors (Lipinski definition) is 0. The fourth-order valence-corrected chi connectivity index (χ4v) is 5.78. The largest absolute Gasteiger partial charge is 2.00 e. The Morgan fingerprint density at radius 3 is 1.13 bits per heavy atom. The van der Waals surface area contributed by atoms with E-state index in [1.807, 2.05) is 0 Å². The Morgan fingerprint density at radius 1 is 0.652 bits per heavy atom. The van der Waals surface area contributed by atoms with Gasteiger partial charge in [0.2, 0.25) is 0 Å². The Kier molecular flexibility index (Phi) is 5.66. The van der Waals surface area contributed by atoms with Crippen LogP contribution in [0.4, 0.5) is 0 Å². The monoisotopic (exact) mass is 366 g/mol. The average Bonchev–Trinajstić information content (AvgIpc) is 2.44. The van der Waals surface area contributed by atoms with E-state index in [0.717, 1.165) is 46.3 Å². The smallest absolute Gasteiger partial charge is 0.172 e. The second-order valence-electron chi connectivity index (χ2n) is 9.38. The first-order chi connectivity index (χ1) is 10.1. The minimum absolute atomic E-state index is 0. The van der Waals surface area contributed by atoms with Crippen molar-refractivity contribution in [3.63, 3.8) is 0 Å². The van der Waals surface area contributed by atoms with Crippen LogP contribution in [0.25, 0.3) is 0 Å². The van der Waals surface area contributed by atoms with Gasteiger partial charge in [0.25, 0.3) is 0 Å². The molecule has 8 unspecified atom stereocenters. The van der Waals surface area contributed by atoms with Crippen LogP contribution in [0.1, 0.15) is 67.2 Å². The summed E-state index contributed by atoms with van der Waals surface area (Å²) in [4.78, 5) is 0. The third kappa shape index (κ3) is 3.04.